The van der Waals surface area contributed by atoms with Crippen LogP contribution in [0.15, 0.2) is 48.5 Å². The molecule has 0 bridgehead atoms. The lowest BCUT2D eigenvalue weighted by Gasteiger charge is -2.22. The van der Waals surface area contributed by atoms with Gasteiger partial charge < -0.3 is 15.2 Å². The first-order valence-corrected chi connectivity index (χ1v) is 8.53. The van der Waals surface area contributed by atoms with Crippen LogP contribution in [0.5, 0.6) is 11.5 Å². The number of rotatable bonds is 10. The molecule has 2 aromatic carbocycles. The number of benzene rings is 2. The Morgan fingerprint density at radius 2 is 1.72 bits per heavy atom. The molecule has 0 saturated carbocycles. The first-order chi connectivity index (χ1) is 11.8. The van der Waals surface area contributed by atoms with Crippen LogP contribution in [0.2, 0.25) is 0 Å². The van der Waals surface area contributed by atoms with E-state index < -0.39 is 0 Å². The van der Waals surface area contributed by atoms with Crippen molar-refractivity contribution in [2.75, 3.05) is 33.4 Å². The van der Waals surface area contributed by atoms with Gasteiger partial charge in [0.2, 0.25) is 0 Å². The molecule has 0 aromatic heterocycles. The average Bonchev–Trinajstić information content (AvgIpc) is 2.61. The molecule has 2 rings (SSSR count). The number of halogens is 1. The Kier molecular flexibility index (Phi) is 10.0. The van der Waals surface area contributed by atoms with E-state index in [0.717, 1.165) is 37.6 Å². The van der Waals surface area contributed by atoms with E-state index in [1.54, 1.807) is 7.11 Å². The molecule has 0 atom stereocenters. The van der Waals surface area contributed by atoms with E-state index in [4.69, 9.17) is 15.2 Å². The summed E-state index contributed by atoms with van der Waals surface area (Å²) in [6.45, 7) is 5.98. The van der Waals surface area contributed by atoms with Crippen LogP contribution in [-0.2, 0) is 13.0 Å². The van der Waals surface area contributed by atoms with Gasteiger partial charge in [-0.2, -0.15) is 0 Å². The summed E-state index contributed by atoms with van der Waals surface area (Å²) in [5, 5.41) is 0. The van der Waals surface area contributed by atoms with Crippen LogP contribution in [0, 0.1) is 0 Å². The SMILES string of the molecule is CCOc1cc(CN(CCN)CCc2ccccc2)ccc1OC.Cl. The molecule has 138 valence electrons. The molecule has 0 aliphatic carbocycles. The molecule has 0 fully saturated rings. The van der Waals surface area contributed by atoms with Gasteiger partial charge >= 0.3 is 0 Å². The topological polar surface area (TPSA) is 47.7 Å². The van der Waals surface area contributed by atoms with Crippen molar-refractivity contribution >= 4 is 12.4 Å². The summed E-state index contributed by atoms with van der Waals surface area (Å²) in [5.41, 5.74) is 8.35. The second-order valence-electron chi connectivity index (χ2n) is 5.72. The molecule has 0 heterocycles. The third-order valence-electron chi connectivity index (χ3n) is 3.94. The Morgan fingerprint density at radius 3 is 2.36 bits per heavy atom. The number of nitrogens with zero attached hydrogens (tertiary/aromatic N) is 1. The monoisotopic (exact) mass is 364 g/mol. The van der Waals surface area contributed by atoms with Crippen molar-refractivity contribution in [2.24, 2.45) is 5.73 Å². The zero-order valence-electron chi connectivity index (χ0n) is 15.1. The van der Waals surface area contributed by atoms with Gasteiger partial charge in [0.15, 0.2) is 11.5 Å². The molecule has 2 aromatic rings. The maximum Gasteiger partial charge on any atom is 0.161 e. The normalized spacial score (nSPS) is 10.4. The maximum atomic E-state index is 5.79. The molecule has 0 saturated heterocycles. The lowest BCUT2D eigenvalue weighted by molar-refractivity contribution is 0.274. The number of nitrogens with two attached hydrogens (primary N) is 1. The molecular weight excluding hydrogens is 336 g/mol. The molecule has 0 aliphatic heterocycles. The van der Waals surface area contributed by atoms with Gasteiger partial charge in [0.05, 0.1) is 13.7 Å². The molecular formula is C20H29ClN2O2. The minimum absolute atomic E-state index is 0. The van der Waals surface area contributed by atoms with E-state index in [0.29, 0.717) is 13.2 Å². The highest BCUT2D eigenvalue weighted by atomic mass is 35.5. The van der Waals surface area contributed by atoms with Crippen molar-refractivity contribution in [2.45, 2.75) is 19.9 Å². The summed E-state index contributed by atoms with van der Waals surface area (Å²) in [7, 11) is 1.66. The van der Waals surface area contributed by atoms with E-state index in [9.17, 15) is 0 Å². The van der Waals surface area contributed by atoms with Gasteiger partial charge in [-0.3, -0.25) is 4.90 Å². The van der Waals surface area contributed by atoms with Crippen LogP contribution in [-0.4, -0.2) is 38.3 Å². The highest BCUT2D eigenvalue weighted by Gasteiger charge is 2.09. The van der Waals surface area contributed by atoms with Gasteiger partial charge in [-0.15, -0.1) is 12.4 Å². The Morgan fingerprint density at radius 1 is 0.960 bits per heavy atom. The van der Waals surface area contributed by atoms with Crippen molar-refractivity contribution < 1.29 is 9.47 Å². The predicted octanol–water partition coefficient (Wildman–Crippen LogP) is 3.52. The average molecular weight is 365 g/mol. The molecule has 0 radical (unpaired) electrons. The Labute approximate surface area is 157 Å². The molecule has 4 nitrogen and oxygen atoms in total. The molecule has 0 unspecified atom stereocenters. The van der Waals surface area contributed by atoms with Gasteiger partial charge in [-0.05, 0) is 36.6 Å². The third-order valence-corrected chi connectivity index (χ3v) is 3.94. The molecule has 2 N–H and O–H groups in total. The maximum absolute atomic E-state index is 5.79. The number of ether oxygens (including phenoxy) is 2. The third kappa shape index (κ3) is 6.94. The van der Waals surface area contributed by atoms with Crippen LogP contribution >= 0.6 is 12.4 Å². The fraction of sp³-hybridized carbons (Fsp3) is 0.400. The predicted molar refractivity (Wildman–Crippen MR) is 106 cm³/mol. The van der Waals surface area contributed by atoms with Crippen LogP contribution < -0.4 is 15.2 Å². The van der Waals surface area contributed by atoms with Crippen LogP contribution in [0.1, 0.15) is 18.1 Å². The van der Waals surface area contributed by atoms with Crippen molar-refractivity contribution in [1.29, 1.82) is 0 Å². The molecule has 0 spiro atoms. The van der Waals surface area contributed by atoms with Gasteiger partial charge in [0.1, 0.15) is 0 Å². The van der Waals surface area contributed by atoms with Crippen LogP contribution in [0.25, 0.3) is 0 Å². The summed E-state index contributed by atoms with van der Waals surface area (Å²) >= 11 is 0. The summed E-state index contributed by atoms with van der Waals surface area (Å²) in [4.78, 5) is 2.38. The molecule has 25 heavy (non-hydrogen) atoms. The summed E-state index contributed by atoms with van der Waals surface area (Å²) < 4.78 is 11.0. The van der Waals surface area contributed by atoms with Gasteiger partial charge in [-0.1, -0.05) is 36.4 Å². The first-order valence-electron chi connectivity index (χ1n) is 8.53. The standard InChI is InChI=1S/C20H28N2O2.ClH/c1-3-24-20-15-18(9-10-19(20)23-2)16-22(14-12-21)13-11-17-7-5-4-6-8-17;/h4-10,15H,3,11-14,16,21H2,1-2H3;1H. The molecule has 5 heteroatoms. The second kappa shape index (κ2) is 11.7. The Hall–Kier alpha value is -1.75. The zero-order chi connectivity index (χ0) is 17.2. The largest absolute Gasteiger partial charge is 0.493 e. The van der Waals surface area contributed by atoms with Crippen molar-refractivity contribution in [3.63, 3.8) is 0 Å². The van der Waals surface area contributed by atoms with Crippen molar-refractivity contribution in [3.05, 3.63) is 59.7 Å². The van der Waals surface area contributed by atoms with Gasteiger partial charge in [-0.25, -0.2) is 0 Å². The van der Waals surface area contributed by atoms with E-state index in [1.807, 2.05) is 19.1 Å². The first kappa shape index (κ1) is 21.3. The van der Waals surface area contributed by atoms with Crippen LogP contribution in [0.4, 0.5) is 0 Å². The fourth-order valence-electron chi connectivity index (χ4n) is 2.73. The number of hydrogen-bond acceptors (Lipinski definition) is 4. The minimum Gasteiger partial charge on any atom is -0.493 e. The van der Waals surface area contributed by atoms with Crippen LogP contribution in [0.3, 0.4) is 0 Å². The number of methoxy groups -OCH3 is 1. The lowest BCUT2D eigenvalue weighted by atomic mass is 10.1. The van der Waals surface area contributed by atoms with Crippen molar-refractivity contribution in [1.82, 2.24) is 4.90 Å². The van der Waals surface area contributed by atoms with E-state index in [1.165, 1.54) is 11.1 Å². The second-order valence-corrected chi connectivity index (χ2v) is 5.72. The quantitative estimate of drug-likeness (QED) is 0.700. The summed E-state index contributed by atoms with van der Waals surface area (Å²) in [6, 6.07) is 16.7. The Bertz CT molecular complexity index is 608. The summed E-state index contributed by atoms with van der Waals surface area (Å²) in [6.07, 6.45) is 1.02. The van der Waals surface area contributed by atoms with E-state index >= 15 is 0 Å². The Balaban J connectivity index is 0.00000312. The summed E-state index contributed by atoms with van der Waals surface area (Å²) in [5.74, 6) is 1.57. The highest BCUT2D eigenvalue weighted by Crippen LogP contribution is 2.28. The number of hydrogen-bond donors (Lipinski definition) is 1. The lowest BCUT2D eigenvalue weighted by Crippen LogP contribution is -2.31. The van der Waals surface area contributed by atoms with Gasteiger partial charge in [0, 0.05) is 26.2 Å². The zero-order valence-corrected chi connectivity index (χ0v) is 15.9. The van der Waals surface area contributed by atoms with Gasteiger partial charge in [0.25, 0.3) is 0 Å². The minimum atomic E-state index is 0. The highest BCUT2D eigenvalue weighted by molar-refractivity contribution is 5.85. The van der Waals surface area contributed by atoms with E-state index in [2.05, 4.69) is 41.3 Å². The van der Waals surface area contributed by atoms with E-state index in [-0.39, 0.29) is 12.4 Å². The fourth-order valence-corrected chi connectivity index (χ4v) is 2.73. The van der Waals surface area contributed by atoms with Crippen molar-refractivity contribution in [3.8, 4) is 11.5 Å². The molecule has 0 amide bonds. The smallest absolute Gasteiger partial charge is 0.161 e. The molecule has 0 aliphatic rings.